The normalized spacial score (nSPS) is 22.1. The van der Waals surface area contributed by atoms with Gasteiger partial charge in [0, 0.05) is 12.3 Å². The average molecular weight is 345 g/mol. The van der Waals surface area contributed by atoms with Gasteiger partial charge in [-0.1, -0.05) is 31.4 Å². The molecule has 1 aliphatic carbocycles. The van der Waals surface area contributed by atoms with Crippen molar-refractivity contribution in [2.75, 3.05) is 11.6 Å². The largest absolute Gasteiger partial charge is 0.335 e. The second-order valence-corrected chi connectivity index (χ2v) is 8.30. The first-order valence-corrected chi connectivity index (χ1v) is 9.61. The highest BCUT2D eigenvalue weighted by atomic mass is 35.5. The molecule has 122 valence electrons. The van der Waals surface area contributed by atoms with Gasteiger partial charge in [0.05, 0.1) is 15.6 Å². The SMILES string of the molecule is C[C@@H]1CCCC[C@H]1NC(=O)Nc1cc(S(C)(=O)=O)ccc1Cl. The Morgan fingerprint density at radius 1 is 1.27 bits per heavy atom. The van der Waals surface area contributed by atoms with E-state index in [9.17, 15) is 13.2 Å². The molecule has 0 radical (unpaired) electrons. The molecule has 0 bridgehead atoms. The third kappa shape index (κ3) is 4.36. The molecule has 1 aromatic rings. The van der Waals surface area contributed by atoms with Crippen LogP contribution in [-0.4, -0.2) is 26.7 Å². The van der Waals surface area contributed by atoms with E-state index in [4.69, 9.17) is 11.6 Å². The Balaban J connectivity index is 2.08. The molecule has 1 aliphatic rings. The minimum atomic E-state index is -3.34. The number of anilines is 1. The van der Waals surface area contributed by atoms with Crippen molar-refractivity contribution in [2.45, 2.75) is 43.5 Å². The van der Waals surface area contributed by atoms with Crippen LogP contribution in [0.15, 0.2) is 23.1 Å². The van der Waals surface area contributed by atoms with Gasteiger partial charge in [0.1, 0.15) is 0 Å². The molecule has 0 saturated heterocycles. The summed E-state index contributed by atoms with van der Waals surface area (Å²) in [4.78, 5) is 12.2. The number of urea groups is 1. The van der Waals surface area contributed by atoms with Crippen LogP contribution in [0.1, 0.15) is 32.6 Å². The van der Waals surface area contributed by atoms with Crippen molar-refractivity contribution in [1.29, 1.82) is 0 Å². The number of benzene rings is 1. The van der Waals surface area contributed by atoms with Gasteiger partial charge in [0.25, 0.3) is 0 Å². The maximum absolute atomic E-state index is 12.1. The Morgan fingerprint density at radius 3 is 2.59 bits per heavy atom. The summed E-state index contributed by atoms with van der Waals surface area (Å²) < 4.78 is 23.1. The smallest absolute Gasteiger partial charge is 0.319 e. The van der Waals surface area contributed by atoms with Crippen LogP contribution in [0.5, 0.6) is 0 Å². The zero-order chi connectivity index (χ0) is 16.3. The second kappa shape index (κ2) is 6.87. The van der Waals surface area contributed by atoms with E-state index < -0.39 is 9.84 Å². The number of amides is 2. The van der Waals surface area contributed by atoms with Crippen LogP contribution >= 0.6 is 11.6 Å². The van der Waals surface area contributed by atoms with E-state index >= 15 is 0 Å². The summed E-state index contributed by atoms with van der Waals surface area (Å²) in [5.74, 6) is 0.442. The molecule has 1 fully saturated rings. The van der Waals surface area contributed by atoms with Gasteiger partial charge in [-0.2, -0.15) is 0 Å². The molecule has 2 N–H and O–H groups in total. The number of nitrogens with one attached hydrogen (secondary N) is 2. The lowest BCUT2D eigenvalue weighted by Crippen LogP contribution is -2.43. The molecule has 2 rings (SSSR count). The first kappa shape index (κ1) is 17.1. The van der Waals surface area contributed by atoms with E-state index in [1.54, 1.807) is 0 Å². The van der Waals surface area contributed by atoms with Crippen LogP contribution in [-0.2, 0) is 9.84 Å². The molecule has 1 saturated carbocycles. The summed E-state index contributed by atoms with van der Waals surface area (Å²) >= 11 is 6.02. The highest BCUT2D eigenvalue weighted by Gasteiger charge is 2.23. The van der Waals surface area contributed by atoms with Gasteiger partial charge in [-0.25, -0.2) is 13.2 Å². The standard InChI is InChI=1S/C15H21ClN2O3S/c1-10-5-3-4-6-13(10)17-15(19)18-14-9-11(22(2,20)21)7-8-12(14)16/h7-10,13H,3-6H2,1-2H3,(H2,17,18,19)/t10-,13-/m1/s1. The van der Waals surface area contributed by atoms with E-state index in [0.717, 1.165) is 25.5 Å². The molecule has 0 aromatic heterocycles. The molecule has 0 unspecified atom stereocenters. The van der Waals surface area contributed by atoms with E-state index in [-0.39, 0.29) is 17.0 Å². The van der Waals surface area contributed by atoms with Crippen LogP contribution in [0.4, 0.5) is 10.5 Å². The molecular formula is C15H21ClN2O3S. The highest BCUT2D eigenvalue weighted by Crippen LogP contribution is 2.26. The van der Waals surface area contributed by atoms with Gasteiger partial charge in [0.15, 0.2) is 9.84 Å². The third-order valence-electron chi connectivity index (χ3n) is 4.04. The lowest BCUT2D eigenvalue weighted by molar-refractivity contribution is 0.232. The quantitative estimate of drug-likeness (QED) is 0.881. The van der Waals surface area contributed by atoms with E-state index in [1.807, 2.05) is 0 Å². The van der Waals surface area contributed by atoms with E-state index in [1.165, 1.54) is 24.6 Å². The van der Waals surface area contributed by atoms with Gasteiger partial charge >= 0.3 is 6.03 Å². The van der Waals surface area contributed by atoms with Crippen molar-refractivity contribution >= 4 is 33.2 Å². The fraction of sp³-hybridized carbons (Fsp3) is 0.533. The summed E-state index contributed by atoms with van der Waals surface area (Å²) in [5.41, 5.74) is 0.297. The van der Waals surface area contributed by atoms with Crippen LogP contribution in [0, 0.1) is 5.92 Å². The predicted molar refractivity (Wildman–Crippen MR) is 88.1 cm³/mol. The monoisotopic (exact) mass is 344 g/mol. The van der Waals surface area contributed by atoms with Crippen molar-refractivity contribution in [2.24, 2.45) is 5.92 Å². The zero-order valence-corrected chi connectivity index (χ0v) is 14.3. The number of sulfone groups is 1. The molecular weight excluding hydrogens is 324 g/mol. The Labute approximate surface area is 136 Å². The minimum Gasteiger partial charge on any atom is -0.335 e. The van der Waals surface area contributed by atoms with Crippen molar-refractivity contribution in [3.8, 4) is 0 Å². The van der Waals surface area contributed by atoms with Crippen LogP contribution < -0.4 is 10.6 Å². The second-order valence-electron chi connectivity index (χ2n) is 5.88. The topological polar surface area (TPSA) is 75.3 Å². The fourth-order valence-corrected chi connectivity index (χ4v) is 3.50. The maximum atomic E-state index is 12.1. The molecule has 5 nitrogen and oxygen atoms in total. The van der Waals surface area contributed by atoms with E-state index in [2.05, 4.69) is 17.6 Å². The Bertz CT molecular complexity index is 661. The summed E-state index contributed by atoms with van der Waals surface area (Å²) in [6.07, 6.45) is 5.49. The van der Waals surface area contributed by atoms with Crippen LogP contribution in [0.2, 0.25) is 5.02 Å². The molecule has 22 heavy (non-hydrogen) atoms. The highest BCUT2D eigenvalue weighted by molar-refractivity contribution is 7.90. The van der Waals surface area contributed by atoms with Gasteiger partial charge in [-0.15, -0.1) is 0 Å². The third-order valence-corrected chi connectivity index (χ3v) is 5.48. The van der Waals surface area contributed by atoms with Crippen LogP contribution in [0.25, 0.3) is 0 Å². The Hall–Kier alpha value is -1.27. The van der Waals surface area contributed by atoms with Gasteiger partial charge < -0.3 is 10.6 Å². The average Bonchev–Trinajstić information content (AvgIpc) is 2.42. The van der Waals surface area contributed by atoms with Gasteiger partial charge in [-0.3, -0.25) is 0 Å². The Kier molecular flexibility index (Phi) is 5.34. The number of carbonyl (C=O) groups is 1. The molecule has 7 heteroatoms. The van der Waals surface area contributed by atoms with E-state index in [0.29, 0.717) is 16.6 Å². The molecule has 0 heterocycles. The summed E-state index contributed by atoms with van der Waals surface area (Å²) in [7, 11) is -3.34. The number of rotatable bonds is 3. The minimum absolute atomic E-state index is 0.123. The van der Waals surface area contributed by atoms with Crippen LogP contribution in [0.3, 0.4) is 0 Å². The van der Waals surface area contributed by atoms with Gasteiger partial charge in [-0.05, 0) is 37.0 Å². The number of halogens is 1. The first-order chi connectivity index (χ1) is 10.3. The molecule has 2 amide bonds. The lowest BCUT2D eigenvalue weighted by atomic mass is 9.86. The molecule has 0 aliphatic heterocycles. The number of hydrogen-bond donors (Lipinski definition) is 2. The zero-order valence-electron chi connectivity index (χ0n) is 12.7. The van der Waals surface area contributed by atoms with Crippen molar-refractivity contribution in [3.63, 3.8) is 0 Å². The summed E-state index contributed by atoms with van der Waals surface area (Å²) in [6, 6.07) is 4.05. The summed E-state index contributed by atoms with van der Waals surface area (Å²) in [6.45, 7) is 2.13. The molecule has 1 aromatic carbocycles. The van der Waals surface area contributed by atoms with Crippen molar-refractivity contribution < 1.29 is 13.2 Å². The van der Waals surface area contributed by atoms with Crippen molar-refractivity contribution in [1.82, 2.24) is 5.32 Å². The first-order valence-electron chi connectivity index (χ1n) is 7.34. The fourth-order valence-electron chi connectivity index (χ4n) is 2.69. The van der Waals surface area contributed by atoms with Crippen molar-refractivity contribution in [3.05, 3.63) is 23.2 Å². The number of hydrogen-bond acceptors (Lipinski definition) is 3. The lowest BCUT2D eigenvalue weighted by Gasteiger charge is -2.29. The molecule has 0 spiro atoms. The summed E-state index contributed by atoms with van der Waals surface area (Å²) in [5, 5.41) is 5.89. The van der Waals surface area contributed by atoms with Gasteiger partial charge in [0.2, 0.25) is 0 Å². The predicted octanol–water partition coefficient (Wildman–Crippen LogP) is 3.44. The maximum Gasteiger partial charge on any atom is 0.319 e. The number of carbonyl (C=O) groups excluding carboxylic acids is 1. The molecule has 2 atom stereocenters. The Morgan fingerprint density at radius 2 is 1.95 bits per heavy atom.